The van der Waals surface area contributed by atoms with Crippen LogP contribution in [0.15, 0.2) is 30.5 Å². The van der Waals surface area contributed by atoms with Gasteiger partial charge in [0.1, 0.15) is 5.60 Å². The van der Waals surface area contributed by atoms with E-state index in [0.717, 1.165) is 12.1 Å². The number of rotatable bonds is 4. The van der Waals surface area contributed by atoms with E-state index in [4.69, 9.17) is 9.32 Å². The number of nitrogens with zero attached hydrogens (tertiary/aromatic N) is 3. The lowest BCUT2D eigenvalue weighted by Crippen LogP contribution is -2.49. The third-order valence-corrected chi connectivity index (χ3v) is 5.20. The van der Waals surface area contributed by atoms with Crippen molar-refractivity contribution in [3.05, 3.63) is 47.3 Å². The van der Waals surface area contributed by atoms with Crippen molar-refractivity contribution in [3.8, 4) is 0 Å². The molecular weight excluding hydrogens is 399 g/mol. The summed E-state index contributed by atoms with van der Waals surface area (Å²) in [5.74, 6) is 0. The van der Waals surface area contributed by atoms with Crippen LogP contribution in [-0.4, -0.2) is 29.5 Å². The molecule has 1 fully saturated rings. The van der Waals surface area contributed by atoms with Gasteiger partial charge in [0.15, 0.2) is 0 Å². The lowest BCUT2D eigenvalue weighted by molar-refractivity contribution is -0.137. The van der Waals surface area contributed by atoms with Crippen molar-refractivity contribution >= 4 is 10.3 Å². The van der Waals surface area contributed by atoms with Gasteiger partial charge in [-0.15, -0.1) is 5.10 Å². The van der Waals surface area contributed by atoms with Crippen LogP contribution in [0.5, 0.6) is 0 Å². The fraction of sp³-hybridized carbons (Fsp3) is 0.500. The maximum atomic E-state index is 12.9. The molecule has 0 amide bonds. The van der Waals surface area contributed by atoms with Gasteiger partial charge in [-0.05, 0) is 31.0 Å². The van der Waals surface area contributed by atoms with E-state index in [9.17, 15) is 21.6 Å². The lowest BCUT2D eigenvalue weighted by atomic mass is 9.78. The van der Waals surface area contributed by atoms with Gasteiger partial charge >= 0.3 is 16.5 Å². The molecule has 28 heavy (non-hydrogen) atoms. The van der Waals surface area contributed by atoms with Crippen molar-refractivity contribution < 1.29 is 25.8 Å². The Balaban J connectivity index is 2.04. The van der Waals surface area contributed by atoms with Gasteiger partial charge in [0.2, 0.25) is 0 Å². The quantitative estimate of drug-likeness (QED) is 0.781. The number of benzene rings is 1. The highest BCUT2D eigenvalue weighted by Gasteiger charge is 2.46. The number of alkyl halides is 3. The molecule has 0 spiro atoms. The monoisotopic (exact) mass is 419 g/mol. The van der Waals surface area contributed by atoms with Crippen molar-refractivity contribution in [2.75, 3.05) is 0 Å². The molecule has 1 aromatic carbocycles. The summed E-state index contributed by atoms with van der Waals surface area (Å²) in [7, 11) is -2.70. The number of hydrogen-bond donors (Lipinski definition) is 2. The molecule has 3 rings (SSSR count). The summed E-state index contributed by atoms with van der Waals surface area (Å²) in [6, 6.07) is 3.58. The number of nitrogens with one attached hydrogen (secondary N) is 1. The molecule has 2 heterocycles. The van der Waals surface area contributed by atoms with E-state index in [1.54, 1.807) is 13.2 Å². The third-order valence-electron chi connectivity index (χ3n) is 4.65. The number of halogens is 3. The molecule has 12 heteroatoms. The molecule has 1 aliphatic rings. The highest BCUT2D eigenvalue weighted by molar-refractivity contribution is 7.84. The summed E-state index contributed by atoms with van der Waals surface area (Å²) in [5.41, 5.74) is -1.43. The van der Waals surface area contributed by atoms with Crippen molar-refractivity contribution in [3.63, 3.8) is 0 Å². The standard InChI is InChI=1S/C16H20F3N5O3S/c1-10-7-15(27-28(20,25)26,8-13(21-10)14-9-24(2)23-22-14)11-3-5-12(6-4-11)16(17,18)19/h3-6,9-10,13,21H,7-8H2,1-2H3,(H2,20,25,26)/t10-,13-,15-/m0/s1. The highest BCUT2D eigenvalue weighted by Crippen LogP contribution is 2.44. The topological polar surface area (TPSA) is 112 Å². The Hall–Kier alpha value is -2.02. The fourth-order valence-corrected chi connectivity index (χ4v) is 4.30. The molecule has 0 saturated carbocycles. The minimum atomic E-state index is -4.50. The minimum Gasteiger partial charge on any atom is -0.306 e. The molecule has 8 nitrogen and oxygen atoms in total. The van der Waals surface area contributed by atoms with Crippen molar-refractivity contribution in [2.45, 2.75) is 43.6 Å². The Kier molecular flexibility index (Phi) is 5.25. The van der Waals surface area contributed by atoms with E-state index in [1.165, 1.54) is 16.8 Å². The van der Waals surface area contributed by atoms with Crippen LogP contribution < -0.4 is 10.5 Å². The first kappa shape index (κ1) is 20.7. The summed E-state index contributed by atoms with van der Waals surface area (Å²) in [4.78, 5) is 0. The molecule has 0 bridgehead atoms. The SMILES string of the molecule is C[C@H]1C[C@@](OS(N)(=O)=O)(c2ccc(C(F)(F)F)cc2)C[C@@H](c2cn(C)nn2)N1. The summed E-state index contributed by atoms with van der Waals surface area (Å²) in [6.45, 7) is 1.81. The first-order valence-electron chi connectivity index (χ1n) is 8.41. The Morgan fingerprint density at radius 3 is 2.43 bits per heavy atom. The largest absolute Gasteiger partial charge is 0.416 e. The summed E-state index contributed by atoms with van der Waals surface area (Å²) in [5, 5.41) is 16.3. The van der Waals surface area contributed by atoms with E-state index in [0.29, 0.717) is 5.69 Å². The van der Waals surface area contributed by atoms with Crippen LogP contribution in [0.3, 0.4) is 0 Å². The number of nitrogens with two attached hydrogens (primary N) is 1. The maximum Gasteiger partial charge on any atom is 0.416 e. The molecule has 0 unspecified atom stereocenters. The molecule has 1 aromatic heterocycles. The van der Waals surface area contributed by atoms with Crippen LogP contribution in [0.4, 0.5) is 13.2 Å². The van der Waals surface area contributed by atoms with Gasteiger partial charge in [0.05, 0.1) is 17.3 Å². The average Bonchev–Trinajstić information content (AvgIpc) is 2.98. The van der Waals surface area contributed by atoms with Crippen LogP contribution in [0.2, 0.25) is 0 Å². The van der Waals surface area contributed by atoms with Crippen LogP contribution >= 0.6 is 0 Å². The Bertz CT molecular complexity index is 945. The van der Waals surface area contributed by atoms with Gasteiger partial charge in [-0.25, -0.2) is 9.32 Å². The van der Waals surface area contributed by atoms with E-state index >= 15 is 0 Å². The first-order valence-corrected chi connectivity index (χ1v) is 9.88. The van der Waals surface area contributed by atoms with E-state index in [-0.39, 0.29) is 24.4 Å². The van der Waals surface area contributed by atoms with Crippen LogP contribution in [0.25, 0.3) is 0 Å². The number of piperidine rings is 1. The second-order valence-electron chi connectivity index (χ2n) is 6.99. The van der Waals surface area contributed by atoms with Crippen LogP contribution in [0, 0.1) is 0 Å². The van der Waals surface area contributed by atoms with Gasteiger partial charge in [0.25, 0.3) is 0 Å². The van der Waals surface area contributed by atoms with Gasteiger partial charge < -0.3 is 5.32 Å². The molecule has 3 N–H and O–H groups in total. The molecule has 1 aliphatic heterocycles. The second-order valence-corrected chi connectivity index (χ2v) is 8.14. The number of aromatic nitrogens is 3. The number of aryl methyl sites for hydroxylation is 1. The Morgan fingerprint density at radius 2 is 1.93 bits per heavy atom. The van der Waals surface area contributed by atoms with Crippen molar-refractivity contribution in [2.24, 2.45) is 12.2 Å². The van der Waals surface area contributed by atoms with E-state index in [2.05, 4.69) is 15.6 Å². The molecule has 2 aromatic rings. The molecule has 154 valence electrons. The van der Waals surface area contributed by atoms with Crippen molar-refractivity contribution in [1.29, 1.82) is 0 Å². The predicted octanol–water partition coefficient (Wildman–Crippen LogP) is 1.76. The van der Waals surface area contributed by atoms with E-state index in [1.807, 2.05) is 6.92 Å². The van der Waals surface area contributed by atoms with Gasteiger partial charge in [-0.3, -0.25) is 4.68 Å². The Morgan fingerprint density at radius 1 is 1.29 bits per heavy atom. The summed E-state index contributed by atoms with van der Waals surface area (Å²) >= 11 is 0. The minimum absolute atomic E-state index is 0.0951. The van der Waals surface area contributed by atoms with E-state index < -0.39 is 33.7 Å². The van der Waals surface area contributed by atoms with Gasteiger partial charge in [-0.1, -0.05) is 17.3 Å². The van der Waals surface area contributed by atoms with Gasteiger partial charge in [-0.2, -0.15) is 21.6 Å². The number of hydrogen-bond acceptors (Lipinski definition) is 6. The zero-order chi connectivity index (χ0) is 20.7. The first-order chi connectivity index (χ1) is 12.9. The zero-order valence-corrected chi connectivity index (χ0v) is 16.0. The smallest absolute Gasteiger partial charge is 0.306 e. The fourth-order valence-electron chi connectivity index (χ4n) is 3.62. The molecule has 1 saturated heterocycles. The molecular formula is C16H20F3N5O3S. The lowest BCUT2D eigenvalue weighted by Gasteiger charge is -2.43. The summed E-state index contributed by atoms with van der Waals surface area (Å²) in [6.07, 6.45) is -2.55. The zero-order valence-electron chi connectivity index (χ0n) is 15.1. The van der Waals surface area contributed by atoms with Crippen molar-refractivity contribution in [1.82, 2.24) is 20.3 Å². The third kappa shape index (κ3) is 4.51. The summed E-state index contributed by atoms with van der Waals surface area (Å²) < 4.78 is 69.0. The second kappa shape index (κ2) is 7.10. The molecule has 0 aliphatic carbocycles. The maximum absolute atomic E-state index is 12.9. The Labute approximate surface area is 160 Å². The van der Waals surface area contributed by atoms with Crippen LogP contribution in [0.1, 0.15) is 42.6 Å². The molecule has 0 radical (unpaired) electrons. The van der Waals surface area contributed by atoms with Crippen LogP contribution in [-0.2, 0) is 33.3 Å². The molecule has 3 atom stereocenters. The normalized spacial score (nSPS) is 26.4. The predicted molar refractivity (Wildman–Crippen MR) is 92.9 cm³/mol. The van der Waals surface area contributed by atoms with Gasteiger partial charge in [0, 0.05) is 25.7 Å². The highest BCUT2D eigenvalue weighted by atomic mass is 32.2. The average molecular weight is 419 g/mol.